The van der Waals surface area contributed by atoms with Gasteiger partial charge in [-0.05, 0) is 19.9 Å². The van der Waals surface area contributed by atoms with E-state index in [-0.39, 0.29) is 24.0 Å². The molecule has 0 spiro atoms. The molecule has 6 heteroatoms. The van der Waals surface area contributed by atoms with Gasteiger partial charge < -0.3 is 19.9 Å². The van der Waals surface area contributed by atoms with Gasteiger partial charge in [-0.3, -0.25) is 9.59 Å². The normalized spacial score (nSPS) is 18.8. The molecule has 1 N–H and O–H groups in total. The number of fused-ring (bicyclic) bond motifs is 1. The van der Waals surface area contributed by atoms with Gasteiger partial charge in [0.15, 0.2) is 0 Å². The third-order valence-corrected chi connectivity index (χ3v) is 4.60. The van der Waals surface area contributed by atoms with Gasteiger partial charge in [-0.1, -0.05) is 12.1 Å². The van der Waals surface area contributed by atoms with E-state index >= 15 is 0 Å². The van der Waals surface area contributed by atoms with E-state index in [9.17, 15) is 9.59 Å². The van der Waals surface area contributed by atoms with E-state index in [1.807, 2.05) is 12.1 Å². The van der Waals surface area contributed by atoms with Gasteiger partial charge in [-0.15, -0.1) is 0 Å². The van der Waals surface area contributed by atoms with E-state index in [1.165, 1.54) is 5.56 Å². The van der Waals surface area contributed by atoms with Crippen molar-refractivity contribution in [1.82, 2.24) is 9.80 Å². The van der Waals surface area contributed by atoms with Crippen molar-refractivity contribution in [2.45, 2.75) is 32.8 Å². The first-order valence-electron chi connectivity index (χ1n) is 8.44. The van der Waals surface area contributed by atoms with Crippen LogP contribution in [-0.4, -0.2) is 59.9 Å². The first-order chi connectivity index (χ1) is 11.4. The molecule has 1 aromatic rings. The van der Waals surface area contributed by atoms with E-state index in [0.29, 0.717) is 26.2 Å². The van der Waals surface area contributed by atoms with E-state index in [4.69, 9.17) is 4.74 Å². The lowest BCUT2D eigenvalue weighted by molar-refractivity contribution is -0.137. The van der Waals surface area contributed by atoms with E-state index in [0.717, 1.165) is 17.9 Å². The monoisotopic (exact) mass is 331 g/mol. The van der Waals surface area contributed by atoms with Crippen molar-refractivity contribution < 1.29 is 14.3 Å². The molecule has 2 aliphatic heterocycles. The Morgan fingerprint density at radius 2 is 1.83 bits per heavy atom. The fourth-order valence-corrected chi connectivity index (χ4v) is 3.31. The maximum atomic E-state index is 12.4. The van der Waals surface area contributed by atoms with Crippen LogP contribution >= 0.6 is 0 Å². The quantitative estimate of drug-likeness (QED) is 0.912. The Hall–Kier alpha value is -2.24. The van der Waals surface area contributed by atoms with Gasteiger partial charge in [0.05, 0.1) is 12.2 Å². The highest BCUT2D eigenvalue weighted by Crippen LogP contribution is 2.40. The molecular formula is C18H25N3O3. The summed E-state index contributed by atoms with van der Waals surface area (Å²) < 4.78 is 6.01. The number of ether oxygens (including phenoxy) is 1. The molecule has 1 aromatic carbocycles. The van der Waals surface area contributed by atoms with Gasteiger partial charge in [0.1, 0.15) is 11.4 Å². The molecule has 1 fully saturated rings. The van der Waals surface area contributed by atoms with E-state index in [2.05, 4.69) is 25.2 Å². The lowest BCUT2D eigenvalue weighted by Crippen LogP contribution is -2.51. The number of para-hydroxylation sites is 1. The fourth-order valence-electron chi connectivity index (χ4n) is 3.31. The molecule has 2 amide bonds. The first kappa shape index (κ1) is 16.6. The lowest BCUT2D eigenvalue weighted by Gasteiger charge is -2.34. The van der Waals surface area contributed by atoms with Crippen LogP contribution in [0.1, 0.15) is 26.3 Å². The lowest BCUT2D eigenvalue weighted by atomic mass is 10.0. The summed E-state index contributed by atoms with van der Waals surface area (Å²) in [5.74, 6) is 0.976. The number of nitrogens with zero attached hydrogens (tertiary/aromatic N) is 2. The van der Waals surface area contributed by atoms with Gasteiger partial charge >= 0.3 is 0 Å². The van der Waals surface area contributed by atoms with Crippen LogP contribution in [-0.2, 0) is 16.0 Å². The number of carbonyl (C=O) groups is 2. The zero-order valence-electron chi connectivity index (χ0n) is 14.6. The molecule has 130 valence electrons. The fraction of sp³-hybridized carbons (Fsp3) is 0.556. The van der Waals surface area contributed by atoms with Crippen LogP contribution in [0, 0.1) is 0 Å². The number of carbonyl (C=O) groups excluding carboxylic acids is 2. The smallest absolute Gasteiger partial charge is 0.241 e. The number of anilines is 1. The second-order valence-electron chi connectivity index (χ2n) is 7.07. The summed E-state index contributed by atoms with van der Waals surface area (Å²) in [5.41, 5.74) is 1.84. The van der Waals surface area contributed by atoms with Crippen LogP contribution in [0.25, 0.3) is 0 Å². The number of hydrogen-bond acceptors (Lipinski definition) is 4. The Balaban J connectivity index is 1.57. The Morgan fingerprint density at radius 1 is 1.17 bits per heavy atom. The Morgan fingerprint density at radius 3 is 2.50 bits per heavy atom. The van der Waals surface area contributed by atoms with Crippen molar-refractivity contribution in [2.75, 3.05) is 38.0 Å². The maximum absolute atomic E-state index is 12.4. The molecule has 2 aliphatic rings. The number of piperazine rings is 1. The zero-order valence-corrected chi connectivity index (χ0v) is 14.6. The van der Waals surface area contributed by atoms with Crippen LogP contribution in [0.4, 0.5) is 5.69 Å². The molecule has 2 heterocycles. The highest BCUT2D eigenvalue weighted by atomic mass is 16.5. The van der Waals surface area contributed by atoms with E-state index < -0.39 is 0 Å². The Labute approximate surface area is 142 Å². The Kier molecular flexibility index (Phi) is 4.39. The number of hydrogen-bond donors (Lipinski definition) is 1. The summed E-state index contributed by atoms with van der Waals surface area (Å²) in [5, 5.41) is 3.22. The molecule has 6 nitrogen and oxygen atoms in total. The minimum absolute atomic E-state index is 0.0491. The summed E-state index contributed by atoms with van der Waals surface area (Å²) in [6, 6.07) is 6.00. The molecular weight excluding hydrogens is 306 g/mol. The topological polar surface area (TPSA) is 61.9 Å². The molecule has 1 saturated heterocycles. The Bertz CT molecular complexity index is 649. The minimum Gasteiger partial charge on any atom is -0.485 e. The highest BCUT2D eigenvalue weighted by Gasteiger charge is 2.32. The summed E-state index contributed by atoms with van der Waals surface area (Å²) in [6.07, 6.45) is 0.874. The third-order valence-electron chi connectivity index (χ3n) is 4.60. The summed E-state index contributed by atoms with van der Waals surface area (Å²) >= 11 is 0. The molecule has 0 atom stereocenters. The summed E-state index contributed by atoms with van der Waals surface area (Å²) in [6.45, 7) is 8.34. The average Bonchev–Trinajstić information content (AvgIpc) is 2.87. The van der Waals surface area contributed by atoms with Crippen LogP contribution in [0.3, 0.4) is 0 Å². The van der Waals surface area contributed by atoms with Gasteiger partial charge in [-0.25, -0.2) is 0 Å². The van der Waals surface area contributed by atoms with Crippen molar-refractivity contribution in [3.05, 3.63) is 23.8 Å². The van der Waals surface area contributed by atoms with E-state index in [1.54, 1.807) is 16.7 Å². The minimum atomic E-state index is -0.201. The highest BCUT2D eigenvalue weighted by molar-refractivity contribution is 5.82. The molecule has 3 rings (SSSR count). The molecule has 0 unspecified atom stereocenters. The summed E-state index contributed by atoms with van der Waals surface area (Å²) in [4.78, 5) is 27.3. The SMILES string of the molecule is CC(=O)N1CCN(C(=O)CNc2cccc3c2OC(C)(C)C3)CC1. The summed E-state index contributed by atoms with van der Waals surface area (Å²) in [7, 11) is 0. The van der Waals surface area contributed by atoms with Crippen molar-refractivity contribution in [2.24, 2.45) is 0 Å². The number of amides is 2. The van der Waals surface area contributed by atoms with Crippen molar-refractivity contribution in [3.63, 3.8) is 0 Å². The predicted octanol–water partition coefficient (Wildman–Crippen LogP) is 1.50. The zero-order chi connectivity index (χ0) is 17.3. The van der Waals surface area contributed by atoms with Gasteiger partial charge in [0.25, 0.3) is 0 Å². The van der Waals surface area contributed by atoms with Gasteiger partial charge in [0, 0.05) is 45.1 Å². The molecule has 24 heavy (non-hydrogen) atoms. The van der Waals surface area contributed by atoms with Crippen LogP contribution in [0.5, 0.6) is 5.75 Å². The van der Waals surface area contributed by atoms with Crippen LogP contribution < -0.4 is 10.1 Å². The predicted molar refractivity (Wildman–Crippen MR) is 92.2 cm³/mol. The maximum Gasteiger partial charge on any atom is 0.241 e. The molecule has 0 aromatic heterocycles. The standard InChI is InChI=1S/C18H25N3O3/c1-13(22)20-7-9-21(10-8-20)16(23)12-19-15-6-4-5-14-11-18(2,3)24-17(14)15/h4-6,19H,7-12H2,1-3H3. The number of benzene rings is 1. The largest absolute Gasteiger partial charge is 0.485 e. The van der Waals surface area contributed by atoms with Crippen molar-refractivity contribution in [1.29, 1.82) is 0 Å². The second-order valence-corrected chi connectivity index (χ2v) is 7.07. The average molecular weight is 331 g/mol. The van der Waals surface area contributed by atoms with Crippen LogP contribution in [0.2, 0.25) is 0 Å². The van der Waals surface area contributed by atoms with Gasteiger partial charge in [0.2, 0.25) is 11.8 Å². The van der Waals surface area contributed by atoms with Crippen LogP contribution in [0.15, 0.2) is 18.2 Å². The number of nitrogens with one attached hydrogen (secondary N) is 1. The number of rotatable bonds is 3. The second kappa shape index (κ2) is 6.34. The third kappa shape index (κ3) is 3.47. The first-order valence-corrected chi connectivity index (χ1v) is 8.44. The van der Waals surface area contributed by atoms with Gasteiger partial charge in [-0.2, -0.15) is 0 Å². The molecule has 0 bridgehead atoms. The van der Waals surface area contributed by atoms with Crippen molar-refractivity contribution in [3.8, 4) is 5.75 Å². The van der Waals surface area contributed by atoms with Crippen molar-refractivity contribution >= 4 is 17.5 Å². The molecule has 0 radical (unpaired) electrons. The molecule has 0 saturated carbocycles. The molecule has 0 aliphatic carbocycles.